The zero-order valence-corrected chi connectivity index (χ0v) is 12.8. The number of carbonyl (C=O) groups is 1. The second kappa shape index (κ2) is 5.58. The van der Waals surface area contributed by atoms with Crippen molar-refractivity contribution in [2.75, 3.05) is 19.6 Å². The Bertz CT molecular complexity index is 676. The number of piperazine rings is 1. The van der Waals surface area contributed by atoms with Crippen LogP contribution in [0.4, 0.5) is 13.2 Å². The number of halogens is 4. The van der Waals surface area contributed by atoms with Gasteiger partial charge in [-0.3, -0.25) is 4.79 Å². The highest BCUT2D eigenvalue weighted by atomic mass is 79.9. The zero-order valence-electron chi connectivity index (χ0n) is 10.4. The Kier molecular flexibility index (Phi) is 4.31. The first-order chi connectivity index (χ1) is 9.62. The van der Waals surface area contributed by atoms with E-state index in [1.54, 1.807) is 0 Å². The number of rotatable bonds is 2. The van der Waals surface area contributed by atoms with Crippen molar-refractivity contribution in [1.82, 2.24) is 9.62 Å². The predicted molar refractivity (Wildman–Crippen MR) is 70.9 cm³/mol. The predicted octanol–water partition coefficient (Wildman–Crippen LogP) is 1.59. The fourth-order valence-electron chi connectivity index (χ4n) is 1.84. The molecule has 0 saturated carbocycles. The topological polar surface area (TPSA) is 66.5 Å². The van der Waals surface area contributed by atoms with Gasteiger partial charge in [0.15, 0.2) is 0 Å². The molecule has 1 N–H and O–H groups in total. The van der Waals surface area contributed by atoms with Crippen LogP contribution in [0.25, 0.3) is 0 Å². The average Bonchev–Trinajstić information content (AvgIpc) is 2.37. The number of hydrogen-bond donors (Lipinski definition) is 1. The molecule has 1 amide bonds. The molecular formula is C11H10BrF3N2O3S. The van der Waals surface area contributed by atoms with Crippen LogP contribution in [0, 0.1) is 0 Å². The average molecular weight is 387 g/mol. The summed E-state index contributed by atoms with van der Waals surface area (Å²) >= 11 is 2.94. The lowest BCUT2D eigenvalue weighted by molar-refractivity contribution is -0.137. The van der Waals surface area contributed by atoms with Crippen LogP contribution in [0.1, 0.15) is 5.56 Å². The Morgan fingerprint density at radius 1 is 1.29 bits per heavy atom. The van der Waals surface area contributed by atoms with Gasteiger partial charge in [-0.15, -0.1) is 0 Å². The molecule has 1 fully saturated rings. The third-order valence-electron chi connectivity index (χ3n) is 2.88. The van der Waals surface area contributed by atoms with E-state index in [1.165, 1.54) is 0 Å². The van der Waals surface area contributed by atoms with Crippen LogP contribution in [-0.2, 0) is 21.0 Å². The fourth-order valence-corrected chi connectivity index (χ4v) is 4.18. The van der Waals surface area contributed by atoms with Crippen LogP contribution < -0.4 is 5.32 Å². The summed E-state index contributed by atoms with van der Waals surface area (Å²) < 4.78 is 63.7. The quantitative estimate of drug-likeness (QED) is 0.839. The van der Waals surface area contributed by atoms with Crippen molar-refractivity contribution in [3.63, 3.8) is 0 Å². The maximum Gasteiger partial charge on any atom is 0.416 e. The van der Waals surface area contributed by atoms with E-state index in [1.807, 2.05) is 0 Å². The Labute approximate surface area is 127 Å². The number of sulfonamides is 1. The second-order valence-corrected chi connectivity index (χ2v) is 7.09. The van der Waals surface area contributed by atoms with Gasteiger partial charge in [-0.05, 0) is 34.1 Å². The molecule has 1 heterocycles. The van der Waals surface area contributed by atoms with Crippen LogP contribution in [-0.4, -0.2) is 38.3 Å². The van der Waals surface area contributed by atoms with Crippen molar-refractivity contribution in [3.05, 3.63) is 28.2 Å². The van der Waals surface area contributed by atoms with Gasteiger partial charge in [0.1, 0.15) is 0 Å². The number of amides is 1. The molecule has 0 spiro atoms. The number of benzene rings is 1. The van der Waals surface area contributed by atoms with Crippen LogP contribution in [0.5, 0.6) is 0 Å². The van der Waals surface area contributed by atoms with E-state index >= 15 is 0 Å². The number of carbonyl (C=O) groups excluding carboxylic acids is 1. The SMILES string of the molecule is O=C1CN(S(=O)(=O)c2cc(C(F)(F)F)ccc2Br)CCN1. The molecule has 1 aromatic rings. The van der Waals surface area contributed by atoms with E-state index in [0.717, 1.165) is 16.4 Å². The van der Waals surface area contributed by atoms with Crippen LogP contribution >= 0.6 is 15.9 Å². The largest absolute Gasteiger partial charge is 0.416 e. The van der Waals surface area contributed by atoms with Gasteiger partial charge >= 0.3 is 6.18 Å². The molecule has 21 heavy (non-hydrogen) atoms. The molecular weight excluding hydrogens is 377 g/mol. The van der Waals surface area contributed by atoms with E-state index in [-0.39, 0.29) is 17.6 Å². The number of nitrogens with one attached hydrogen (secondary N) is 1. The smallest absolute Gasteiger partial charge is 0.354 e. The van der Waals surface area contributed by atoms with Crippen LogP contribution in [0.15, 0.2) is 27.6 Å². The molecule has 1 aliphatic rings. The summed E-state index contributed by atoms with van der Waals surface area (Å²) in [5.41, 5.74) is -1.06. The molecule has 116 valence electrons. The van der Waals surface area contributed by atoms with E-state index < -0.39 is 39.1 Å². The lowest BCUT2D eigenvalue weighted by Gasteiger charge is -2.26. The summed E-state index contributed by atoms with van der Waals surface area (Å²) in [4.78, 5) is 10.7. The maximum absolute atomic E-state index is 12.7. The van der Waals surface area contributed by atoms with Crippen LogP contribution in [0.2, 0.25) is 0 Å². The van der Waals surface area contributed by atoms with Crippen molar-refractivity contribution in [2.24, 2.45) is 0 Å². The summed E-state index contributed by atoms with van der Waals surface area (Å²) in [6.45, 7) is -0.281. The molecule has 10 heteroatoms. The molecule has 0 aromatic heterocycles. The first kappa shape index (κ1) is 16.2. The summed E-state index contributed by atoms with van der Waals surface area (Å²) in [5, 5.41) is 2.45. The van der Waals surface area contributed by atoms with Crippen molar-refractivity contribution < 1.29 is 26.4 Å². The summed E-state index contributed by atoms with van der Waals surface area (Å²) in [6.07, 6.45) is -4.65. The Hall–Kier alpha value is -1.13. The van der Waals surface area contributed by atoms with Gasteiger partial charge in [-0.25, -0.2) is 8.42 Å². The Balaban J connectivity index is 2.46. The molecule has 0 atom stereocenters. The molecule has 1 saturated heterocycles. The Morgan fingerprint density at radius 2 is 1.95 bits per heavy atom. The lowest BCUT2D eigenvalue weighted by atomic mass is 10.2. The van der Waals surface area contributed by atoms with Crippen molar-refractivity contribution in [2.45, 2.75) is 11.1 Å². The summed E-state index contributed by atoms with van der Waals surface area (Å²) in [7, 11) is -4.18. The number of nitrogens with zero attached hydrogens (tertiary/aromatic N) is 1. The monoisotopic (exact) mass is 386 g/mol. The highest BCUT2D eigenvalue weighted by Gasteiger charge is 2.35. The zero-order chi connectivity index (χ0) is 15.8. The molecule has 0 bridgehead atoms. The van der Waals surface area contributed by atoms with E-state index in [2.05, 4.69) is 21.2 Å². The molecule has 2 rings (SSSR count). The van der Waals surface area contributed by atoms with Crippen molar-refractivity contribution in [1.29, 1.82) is 0 Å². The van der Waals surface area contributed by atoms with Gasteiger partial charge in [-0.2, -0.15) is 17.5 Å². The van der Waals surface area contributed by atoms with Crippen LogP contribution in [0.3, 0.4) is 0 Å². The van der Waals surface area contributed by atoms with E-state index in [9.17, 15) is 26.4 Å². The molecule has 0 aliphatic carbocycles. The minimum Gasteiger partial charge on any atom is -0.354 e. The highest BCUT2D eigenvalue weighted by Crippen LogP contribution is 2.34. The van der Waals surface area contributed by atoms with Crippen molar-refractivity contribution >= 4 is 31.9 Å². The third-order valence-corrected chi connectivity index (χ3v) is 5.72. The van der Waals surface area contributed by atoms with Crippen molar-refractivity contribution in [3.8, 4) is 0 Å². The first-order valence-corrected chi connectivity index (χ1v) is 7.99. The molecule has 1 aromatic carbocycles. The van der Waals surface area contributed by atoms with Gasteiger partial charge in [0, 0.05) is 17.6 Å². The van der Waals surface area contributed by atoms with E-state index in [0.29, 0.717) is 6.07 Å². The van der Waals surface area contributed by atoms with Gasteiger partial charge < -0.3 is 5.32 Å². The molecule has 0 radical (unpaired) electrons. The third kappa shape index (κ3) is 3.38. The molecule has 1 aliphatic heterocycles. The standard InChI is InChI=1S/C11H10BrF3N2O3S/c12-8-2-1-7(11(13,14)15)5-9(8)21(19,20)17-4-3-16-10(18)6-17/h1-2,5H,3-4,6H2,(H,16,18). The van der Waals surface area contributed by atoms with Gasteiger partial charge in [0.25, 0.3) is 0 Å². The summed E-state index contributed by atoms with van der Waals surface area (Å²) in [6, 6.07) is 2.37. The highest BCUT2D eigenvalue weighted by molar-refractivity contribution is 9.10. The number of hydrogen-bond acceptors (Lipinski definition) is 3. The van der Waals surface area contributed by atoms with Gasteiger partial charge in [0.2, 0.25) is 15.9 Å². The minimum atomic E-state index is -4.65. The number of alkyl halides is 3. The summed E-state index contributed by atoms with van der Waals surface area (Å²) in [5.74, 6) is -0.493. The first-order valence-electron chi connectivity index (χ1n) is 5.76. The second-order valence-electron chi connectivity index (χ2n) is 4.33. The maximum atomic E-state index is 12.7. The fraction of sp³-hybridized carbons (Fsp3) is 0.364. The normalized spacial score (nSPS) is 17.6. The molecule has 5 nitrogen and oxygen atoms in total. The Morgan fingerprint density at radius 3 is 2.52 bits per heavy atom. The van der Waals surface area contributed by atoms with Gasteiger partial charge in [-0.1, -0.05) is 0 Å². The lowest BCUT2D eigenvalue weighted by Crippen LogP contribution is -2.49. The van der Waals surface area contributed by atoms with E-state index in [4.69, 9.17) is 0 Å². The molecule has 0 unspecified atom stereocenters. The minimum absolute atomic E-state index is 0.0107. The van der Waals surface area contributed by atoms with Gasteiger partial charge in [0.05, 0.1) is 17.0 Å².